The smallest absolute Gasteiger partial charge is 0.352 e. The molecule has 0 aliphatic rings. The Labute approximate surface area is 115 Å². The van der Waals surface area contributed by atoms with E-state index >= 15 is 0 Å². The Morgan fingerprint density at radius 2 is 1.70 bits per heavy atom. The number of halogens is 3. The Balaban J connectivity index is 2.33. The van der Waals surface area contributed by atoms with Crippen molar-refractivity contribution in [2.75, 3.05) is 5.32 Å². The summed E-state index contributed by atoms with van der Waals surface area (Å²) < 4.78 is 39.2. The molecule has 0 saturated heterocycles. The van der Waals surface area contributed by atoms with Gasteiger partial charge in [-0.15, -0.1) is 0 Å². The van der Waals surface area contributed by atoms with E-state index in [1.807, 2.05) is 13.0 Å². The molecule has 0 aliphatic carbocycles. The number of benzene rings is 2. The van der Waals surface area contributed by atoms with Crippen LogP contribution in [0, 0.1) is 6.92 Å². The average molecular weight is 277 g/mol. The van der Waals surface area contributed by atoms with Crippen LogP contribution < -0.4 is 5.32 Å². The first-order valence-electron chi connectivity index (χ1n) is 6.13. The quantitative estimate of drug-likeness (QED) is 0.831. The largest absolute Gasteiger partial charge is 0.431 e. The van der Waals surface area contributed by atoms with E-state index in [0.717, 1.165) is 11.6 Å². The van der Waals surface area contributed by atoms with Crippen molar-refractivity contribution in [2.24, 2.45) is 0 Å². The van der Waals surface area contributed by atoms with Crippen LogP contribution in [0.4, 0.5) is 18.9 Å². The number of alkyl halides is 3. The van der Waals surface area contributed by atoms with Gasteiger partial charge >= 0.3 is 6.18 Å². The summed E-state index contributed by atoms with van der Waals surface area (Å²) in [6.45, 7) is 1.84. The second-order valence-electron chi connectivity index (χ2n) is 4.46. The summed E-state index contributed by atoms with van der Waals surface area (Å²) in [4.78, 5) is 0. The average Bonchev–Trinajstić information content (AvgIpc) is 2.38. The van der Waals surface area contributed by atoms with Gasteiger partial charge in [0.2, 0.25) is 0 Å². The lowest BCUT2D eigenvalue weighted by Crippen LogP contribution is -2.18. The van der Waals surface area contributed by atoms with Crippen molar-refractivity contribution < 1.29 is 13.2 Å². The second-order valence-corrected chi connectivity index (χ2v) is 4.46. The predicted molar refractivity (Wildman–Crippen MR) is 75.3 cm³/mol. The van der Waals surface area contributed by atoms with Gasteiger partial charge in [0.25, 0.3) is 0 Å². The molecule has 0 atom stereocenters. The Morgan fingerprint density at radius 1 is 1.00 bits per heavy atom. The van der Waals surface area contributed by atoms with Crippen molar-refractivity contribution in [3.8, 4) is 0 Å². The molecule has 1 N–H and O–H groups in total. The second kappa shape index (κ2) is 5.82. The Kier molecular flexibility index (Phi) is 4.13. The van der Waals surface area contributed by atoms with Crippen LogP contribution in [0.15, 0.2) is 60.3 Å². The van der Waals surface area contributed by atoms with E-state index in [2.05, 4.69) is 5.32 Å². The molecule has 1 nitrogen and oxygen atoms in total. The Bertz CT molecular complexity index is 601. The fourth-order valence-electron chi connectivity index (χ4n) is 1.79. The molecule has 2 rings (SSSR count). The molecule has 20 heavy (non-hydrogen) atoms. The molecule has 2 aromatic rings. The lowest BCUT2D eigenvalue weighted by Gasteiger charge is -2.14. The summed E-state index contributed by atoms with van der Waals surface area (Å²) in [7, 11) is 0. The molecule has 0 unspecified atom stereocenters. The molecule has 0 radical (unpaired) electrons. The van der Waals surface area contributed by atoms with Gasteiger partial charge in [0.1, 0.15) is 5.70 Å². The van der Waals surface area contributed by atoms with Crippen LogP contribution in [-0.2, 0) is 0 Å². The number of hydrogen-bond donors (Lipinski definition) is 1. The number of rotatable bonds is 3. The van der Waals surface area contributed by atoms with Crippen molar-refractivity contribution in [3.05, 3.63) is 71.4 Å². The van der Waals surface area contributed by atoms with Gasteiger partial charge < -0.3 is 5.32 Å². The number of nitrogens with one attached hydrogen (secondary N) is 1. The van der Waals surface area contributed by atoms with Crippen molar-refractivity contribution in [1.82, 2.24) is 0 Å². The maximum atomic E-state index is 13.1. The van der Waals surface area contributed by atoms with E-state index in [4.69, 9.17) is 0 Å². The summed E-state index contributed by atoms with van der Waals surface area (Å²) in [6, 6.07) is 15.2. The topological polar surface area (TPSA) is 12.0 Å². The van der Waals surface area contributed by atoms with E-state index in [1.54, 1.807) is 48.5 Å². The van der Waals surface area contributed by atoms with E-state index in [-0.39, 0.29) is 0 Å². The van der Waals surface area contributed by atoms with Gasteiger partial charge in [-0.05, 0) is 30.7 Å². The Morgan fingerprint density at radius 3 is 2.30 bits per heavy atom. The highest BCUT2D eigenvalue weighted by atomic mass is 19.4. The fraction of sp³-hybridized carbons (Fsp3) is 0.125. The lowest BCUT2D eigenvalue weighted by molar-refractivity contribution is -0.0893. The number of anilines is 1. The molecule has 2 aromatic carbocycles. The minimum atomic E-state index is -4.43. The van der Waals surface area contributed by atoms with Gasteiger partial charge in [0.05, 0.1) is 0 Å². The zero-order chi connectivity index (χ0) is 14.6. The zero-order valence-electron chi connectivity index (χ0n) is 10.9. The number of aryl methyl sites for hydroxylation is 1. The molecule has 0 saturated carbocycles. The van der Waals surface area contributed by atoms with Gasteiger partial charge in [-0.3, -0.25) is 0 Å². The standard InChI is InChI=1S/C16H14F3N/c1-12-6-5-7-13(10-12)11-15(16(17,18)19)20-14-8-3-2-4-9-14/h2-11,20H,1H3. The summed E-state index contributed by atoms with van der Waals surface area (Å²) in [5.74, 6) is 0. The first-order chi connectivity index (χ1) is 9.45. The molecule has 0 amide bonds. The van der Waals surface area contributed by atoms with Crippen LogP contribution in [0.25, 0.3) is 6.08 Å². The third-order valence-corrected chi connectivity index (χ3v) is 2.71. The number of para-hydroxylation sites is 1. The van der Waals surface area contributed by atoms with E-state index in [9.17, 15) is 13.2 Å². The van der Waals surface area contributed by atoms with Crippen LogP contribution in [0.5, 0.6) is 0 Å². The minimum Gasteiger partial charge on any atom is -0.352 e. The van der Waals surface area contributed by atoms with E-state index in [0.29, 0.717) is 11.3 Å². The minimum absolute atomic E-state index is 0.406. The number of allylic oxidation sites excluding steroid dienone is 1. The van der Waals surface area contributed by atoms with Crippen LogP contribution in [0.1, 0.15) is 11.1 Å². The molecule has 4 heteroatoms. The molecule has 0 heterocycles. The van der Waals surface area contributed by atoms with Gasteiger partial charge in [0, 0.05) is 5.69 Å². The predicted octanol–water partition coefficient (Wildman–Crippen LogP) is 5.01. The van der Waals surface area contributed by atoms with Crippen LogP contribution in [-0.4, -0.2) is 6.18 Å². The molecule has 0 aromatic heterocycles. The van der Waals surface area contributed by atoms with Gasteiger partial charge in [-0.2, -0.15) is 13.2 Å². The lowest BCUT2D eigenvalue weighted by atomic mass is 10.1. The maximum absolute atomic E-state index is 13.1. The van der Waals surface area contributed by atoms with Crippen molar-refractivity contribution >= 4 is 11.8 Å². The Hall–Kier alpha value is -2.23. The highest BCUT2D eigenvalue weighted by molar-refractivity contribution is 5.61. The van der Waals surface area contributed by atoms with Crippen molar-refractivity contribution in [2.45, 2.75) is 13.1 Å². The monoisotopic (exact) mass is 277 g/mol. The highest BCUT2D eigenvalue weighted by Crippen LogP contribution is 2.28. The molecule has 104 valence electrons. The molecule has 0 spiro atoms. The van der Waals surface area contributed by atoms with Crippen LogP contribution in [0.2, 0.25) is 0 Å². The van der Waals surface area contributed by atoms with Gasteiger partial charge in [-0.1, -0.05) is 48.0 Å². The van der Waals surface area contributed by atoms with Gasteiger partial charge in [-0.25, -0.2) is 0 Å². The third-order valence-electron chi connectivity index (χ3n) is 2.71. The normalized spacial score (nSPS) is 12.3. The maximum Gasteiger partial charge on any atom is 0.431 e. The van der Waals surface area contributed by atoms with Crippen molar-refractivity contribution in [3.63, 3.8) is 0 Å². The van der Waals surface area contributed by atoms with Crippen molar-refractivity contribution in [1.29, 1.82) is 0 Å². The first-order valence-corrected chi connectivity index (χ1v) is 6.13. The first kappa shape index (κ1) is 14.2. The van der Waals surface area contributed by atoms with E-state index < -0.39 is 11.9 Å². The van der Waals surface area contributed by atoms with E-state index in [1.165, 1.54) is 0 Å². The summed E-state index contributed by atoms with van der Waals surface area (Å²) in [5, 5.41) is 2.42. The molecule has 0 fully saturated rings. The fourth-order valence-corrected chi connectivity index (χ4v) is 1.79. The van der Waals surface area contributed by atoms with Crippen LogP contribution in [0.3, 0.4) is 0 Å². The third kappa shape index (κ3) is 3.88. The SMILES string of the molecule is Cc1cccc(C=C(Nc2ccccc2)C(F)(F)F)c1. The molecule has 0 aliphatic heterocycles. The molecular formula is C16H14F3N. The summed E-state index contributed by atoms with van der Waals surface area (Å²) in [6.07, 6.45) is -3.32. The zero-order valence-corrected chi connectivity index (χ0v) is 10.9. The highest BCUT2D eigenvalue weighted by Gasteiger charge is 2.33. The van der Waals surface area contributed by atoms with Gasteiger partial charge in [0.15, 0.2) is 0 Å². The summed E-state index contributed by atoms with van der Waals surface area (Å²) in [5.41, 5.74) is 1.05. The molecule has 0 bridgehead atoms. The van der Waals surface area contributed by atoms with Crippen LogP contribution >= 0.6 is 0 Å². The molecular weight excluding hydrogens is 263 g/mol. The summed E-state index contributed by atoms with van der Waals surface area (Å²) >= 11 is 0. The number of hydrogen-bond acceptors (Lipinski definition) is 1.